The average Bonchev–Trinajstić information content (AvgIpc) is 2.82. The van der Waals surface area contributed by atoms with Gasteiger partial charge < -0.3 is 9.64 Å². The van der Waals surface area contributed by atoms with Gasteiger partial charge in [0.25, 0.3) is 0 Å². The van der Waals surface area contributed by atoms with E-state index in [-0.39, 0.29) is 0 Å². The van der Waals surface area contributed by atoms with Crippen molar-refractivity contribution < 1.29 is 4.74 Å². The Morgan fingerprint density at radius 3 is 2.79 bits per heavy atom. The molecule has 0 spiro atoms. The highest BCUT2D eigenvalue weighted by molar-refractivity contribution is 5.35. The monoisotopic (exact) mass is 262 g/mol. The van der Waals surface area contributed by atoms with Gasteiger partial charge in [-0.2, -0.15) is 0 Å². The summed E-state index contributed by atoms with van der Waals surface area (Å²) in [4.78, 5) is 4.82. The zero-order valence-corrected chi connectivity index (χ0v) is 12.6. The molecule has 0 N–H and O–H groups in total. The lowest BCUT2D eigenvalue weighted by atomic mass is 10.1. The second-order valence-electron chi connectivity index (χ2n) is 5.82. The molecule has 1 unspecified atom stereocenters. The van der Waals surface area contributed by atoms with Gasteiger partial charge in [0.2, 0.25) is 0 Å². The Kier molecular flexibility index (Phi) is 4.83. The summed E-state index contributed by atoms with van der Waals surface area (Å²) >= 11 is 0. The molecule has 3 heteroatoms. The van der Waals surface area contributed by atoms with E-state index in [1.54, 1.807) is 0 Å². The van der Waals surface area contributed by atoms with Gasteiger partial charge >= 0.3 is 0 Å². The molecule has 0 amide bonds. The molecule has 2 rings (SSSR count). The van der Waals surface area contributed by atoms with Crippen LogP contribution in [-0.2, 0) is 0 Å². The van der Waals surface area contributed by atoms with E-state index in [0.717, 1.165) is 18.9 Å². The summed E-state index contributed by atoms with van der Waals surface area (Å²) in [5.41, 5.74) is 2.48. The molecular weight excluding hydrogens is 236 g/mol. The van der Waals surface area contributed by atoms with Gasteiger partial charge in [-0.3, -0.25) is 4.90 Å². The Balaban J connectivity index is 1.77. The first-order valence-electron chi connectivity index (χ1n) is 7.15. The molecule has 1 aliphatic rings. The second kappa shape index (κ2) is 6.40. The number of hydrogen-bond acceptors (Lipinski definition) is 3. The normalized spacial score (nSPS) is 20.2. The second-order valence-corrected chi connectivity index (χ2v) is 5.82. The van der Waals surface area contributed by atoms with Crippen molar-refractivity contribution in [1.29, 1.82) is 0 Å². The van der Waals surface area contributed by atoms with Crippen LogP contribution in [0.1, 0.15) is 17.5 Å². The van der Waals surface area contributed by atoms with Crippen molar-refractivity contribution in [3.63, 3.8) is 0 Å². The summed E-state index contributed by atoms with van der Waals surface area (Å²) in [5.74, 6) is 1.03. The summed E-state index contributed by atoms with van der Waals surface area (Å²) in [5, 5.41) is 0. The highest BCUT2D eigenvalue weighted by Crippen LogP contribution is 2.19. The van der Waals surface area contributed by atoms with E-state index in [4.69, 9.17) is 4.74 Å². The van der Waals surface area contributed by atoms with Crippen molar-refractivity contribution in [2.24, 2.45) is 0 Å². The van der Waals surface area contributed by atoms with Crippen molar-refractivity contribution in [3.05, 3.63) is 29.3 Å². The van der Waals surface area contributed by atoms with E-state index in [1.165, 1.54) is 30.6 Å². The van der Waals surface area contributed by atoms with Crippen LogP contribution >= 0.6 is 0 Å². The van der Waals surface area contributed by atoms with Crippen molar-refractivity contribution in [2.75, 3.05) is 40.3 Å². The van der Waals surface area contributed by atoms with Crippen LogP contribution in [0.3, 0.4) is 0 Å². The molecule has 1 aromatic rings. The van der Waals surface area contributed by atoms with Crippen molar-refractivity contribution in [1.82, 2.24) is 9.80 Å². The molecule has 1 fully saturated rings. The third-order valence-corrected chi connectivity index (χ3v) is 3.99. The van der Waals surface area contributed by atoms with Crippen LogP contribution in [0.25, 0.3) is 0 Å². The van der Waals surface area contributed by atoms with E-state index in [0.29, 0.717) is 6.04 Å². The van der Waals surface area contributed by atoms with Crippen LogP contribution in [0.4, 0.5) is 0 Å². The fraction of sp³-hybridized carbons (Fsp3) is 0.625. The molecule has 0 aromatic heterocycles. The quantitative estimate of drug-likeness (QED) is 0.810. The standard InChI is InChI=1S/C16H26N2O/c1-13-5-6-14(2)16(11-13)19-10-9-18-8-7-15(12-18)17(3)4/h5-6,11,15H,7-10,12H2,1-4H3. The first-order valence-corrected chi connectivity index (χ1v) is 7.15. The van der Waals surface area contributed by atoms with Crippen molar-refractivity contribution >= 4 is 0 Å². The largest absolute Gasteiger partial charge is 0.492 e. The first kappa shape index (κ1) is 14.4. The van der Waals surface area contributed by atoms with Crippen LogP contribution in [0.2, 0.25) is 0 Å². The van der Waals surface area contributed by atoms with Gasteiger partial charge in [0.15, 0.2) is 0 Å². The number of ether oxygens (including phenoxy) is 1. The Bertz CT molecular complexity index is 417. The number of hydrogen-bond donors (Lipinski definition) is 0. The molecule has 1 aromatic carbocycles. The van der Waals surface area contributed by atoms with E-state index in [1.807, 2.05) is 0 Å². The summed E-state index contributed by atoms with van der Waals surface area (Å²) < 4.78 is 5.92. The third-order valence-electron chi connectivity index (χ3n) is 3.99. The van der Waals surface area contributed by atoms with Gasteiger partial charge in [0.05, 0.1) is 0 Å². The third kappa shape index (κ3) is 3.95. The highest BCUT2D eigenvalue weighted by atomic mass is 16.5. The van der Waals surface area contributed by atoms with Crippen molar-refractivity contribution in [2.45, 2.75) is 26.3 Å². The maximum absolute atomic E-state index is 5.92. The minimum absolute atomic E-state index is 0.709. The predicted octanol–water partition coefficient (Wildman–Crippen LogP) is 2.32. The van der Waals surface area contributed by atoms with Gasteiger partial charge in [-0.1, -0.05) is 12.1 Å². The van der Waals surface area contributed by atoms with E-state index >= 15 is 0 Å². The molecule has 0 saturated carbocycles. The zero-order valence-electron chi connectivity index (χ0n) is 12.6. The van der Waals surface area contributed by atoms with Crippen LogP contribution in [0.15, 0.2) is 18.2 Å². The smallest absolute Gasteiger partial charge is 0.122 e. The van der Waals surface area contributed by atoms with Crippen LogP contribution in [0, 0.1) is 13.8 Å². The molecule has 0 radical (unpaired) electrons. The maximum atomic E-state index is 5.92. The Hall–Kier alpha value is -1.06. The van der Waals surface area contributed by atoms with Gasteiger partial charge in [-0.05, 0) is 58.1 Å². The number of likely N-dealkylation sites (N-methyl/N-ethyl adjacent to an activating group) is 1. The number of likely N-dealkylation sites (tertiary alicyclic amines) is 1. The minimum Gasteiger partial charge on any atom is -0.492 e. The van der Waals surface area contributed by atoms with E-state index < -0.39 is 0 Å². The fourth-order valence-corrected chi connectivity index (χ4v) is 2.58. The molecule has 0 aliphatic carbocycles. The zero-order chi connectivity index (χ0) is 13.8. The Morgan fingerprint density at radius 2 is 2.11 bits per heavy atom. The van der Waals surface area contributed by atoms with Crippen molar-refractivity contribution in [3.8, 4) is 5.75 Å². The Labute approximate surface area is 117 Å². The molecule has 1 saturated heterocycles. The average molecular weight is 262 g/mol. The molecule has 1 heterocycles. The van der Waals surface area contributed by atoms with Crippen LogP contribution in [0.5, 0.6) is 5.75 Å². The molecule has 0 bridgehead atoms. The molecule has 1 atom stereocenters. The lowest BCUT2D eigenvalue weighted by Crippen LogP contribution is -2.33. The lowest BCUT2D eigenvalue weighted by molar-refractivity contribution is 0.220. The highest BCUT2D eigenvalue weighted by Gasteiger charge is 2.23. The SMILES string of the molecule is Cc1ccc(C)c(OCCN2CCC(N(C)C)C2)c1. The Morgan fingerprint density at radius 1 is 1.32 bits per heavy atom. The minimum atomic E-state index is 0.709. The van der Waals surface area contributed by atoms with E-state index in [2.05, 4.69) is 55.9 Å². The van der Waals surface area contributed by atoms with Gasteiger partial charge in [0.1, 0.15) is 12.4 Å². The molecule has 106 valence electrons. The first-order chi connectivity index (χ1) is 9.06. The molecule has 3 nitrogen and oxygen atoms in total. The summed E-state index contributed by atoms with van der Waals surface area (Å²) in [6, 6.07) is 7.09. The van der Waals surface area contributed by atoms with E-state index in [9.17, 15) is 0 Å². The number of nitrogens with zero attached hydrogens (tertiary/aromatic N) is 2. The van der Waals surface area contributed by atoms with Crippen LogP contribution < -0.4 is 4.74 Å². The predicted molar refractivity (Wildman–Crippen MR) is 79.9 cm³/mol. The van der Waals surface area contributed by atoms with Gasteiger partial charge in [-0.15, -0.1) is 0 Å². The number of rotatable bonds is 5. The lowest BCUT2D eigenvalue weighted by Gasteiger charge is -2.20. The van der Waals surface area contributed by atoms with Gasteiger partial charge in [0, 0.05) is 19.1 Å². The fourth-order valence-electron chi connectivity index (χ4n) is 2.58. The molecule has 1 aliphatic heterocycles. The molecular formula is C16H26N2O. The maximum Gasteiger partial charge on any atom is 0.122 e. The molecule has 19 heavy (non-hydrogen) atoms. The summed E-state index contributed by atoms with van der Waals surface area (Å²) in [7, 11) is 4.33. The number of aryl methyl sites for hydroxylation is 2. The number of benzene rings is 1. The van der Waals surface area contributed by atoms with Gasteiger partial charge in [-0.25, -0.2) is 0 Å². The van der Waals surface area contributed by atoms with Crippen LogP contribution in [-0.4, -0.2) is 56.2 Å². The topological polar surface area (TPSA) is 15.7 Å². The summed E-state index contributed by atoms with van der Waals surface area (Å²) in [6.07, 6.45) is 1.27. The summed E-state index contributed by atoms with van der Waals surface area (Å²) in [6.45, 7) is 8.38.